The lowest BCUT2D eigenvalue weighted by atomic mass is 10.0. The fourth-order valence-corrected chi connectivity index (χ4v) is 2.44. The summed E-state index contributed by atoms with van der Waals surface area (Å²) in [6.45, 7) is 4.03. The van der Waals surface area contributed by atoms with E-state index >= 15 is 0 Å². The van der Waals surface area contributed by atoms with Crippen molar-refractivity contribution in [2.75, 3.05) is 19.8 Å². The van der Waals surface area contributed by atoms with Gasteiger partial charge in [-0.05, 0) is 12.0 Å². The van der Waals surface area contributed by atoms with Gasteiger partial charge in [0.25, 0.3) is 0 Å². The van der Waals surface area contributed by atoms with Crippen molar-refractivity contribution in [2.24, 2.45) is 5.73 Å². The van der Waals surface area contributed by atoms with Gasteiger partial charge in [-0.15, -0.1) is 0 Å². The van der Waals surface area contributed by atoms with E-state index in [1.54, 1.807) is 0 Å². The number of hydrogen-bond acceptors (Lipinski definition) is 3. The van der Waals surface area contributed by atoms with Crippen LogP contribution in [-0.2, 0) is 9.53 Å². The average Bonchev–Trinajstić information content (AvgIpc) is 2.48. The second-order valence-electron chi connectivity index (χ2n) is 4.95. The number of nitrogens with zero attached hydrogens (tertiary/aromatic N) is 1. The molecule has 0 unspecified atom stereocenters. The van der Waals surface area contributed by atoms with Crippen LogP contribution >= 0.6 is 0 Å². The van der Waals surface area contributed by atoms with E-state index in [1.165, 1.54) is 0 Å². The normalized spacial score (nSPS) is 21.2. The number of nitrogens with two attached hydrogens (primary N) is 1. The van der Waals surface area contributed by atoms with Crippen molar-refractivity contribution < 1.29 is 9.53 Å². The van der Waals surface area contributed by atoms with Crippen LogP contribution in [0.5, 0.6) is 0 Å². The van der Waals surface area contributed by atoms with E-state index in [0.29, 0.717) is 26.2 Å². The maximum absolute atomic E-state index is 12.3. The smallest absolute Gasteiger partial charge is 0.224 e. The van der Waals surface area contributed by atoms with Crippen molar-refractivity contribution in [2.45, 2.75) is 31.8 Å². The zero-order chi connectivity index (χ0) is 13.7. The summed E-state index contributed by atoms with van der Waals surface area (Å²) in [6, 6.07) is 9.75. The maximum Gasteiger partial charge on any atom is 0.224 e. The zero-order valence-corrected chi connectivity index (χ0v) is 11.4. The number of benzene rings is 1. The van der Waals surface area contributed by atoms with Crippen molar-refractivity contribution in [3.05, 3.63) is 35.9 Å². The third-order valence-electron chi connectivity index (χ3n) is 3.64. The summed E-state index contributed by atoms with van der Waals surface area (Å²) in [6.07, 6.45) is 1.28. The predicted octanol–water partition coefficient (Wildman–Crippen LogP) is 1.71. The molecule has 1 aromatic rings. The SMILES string of the molecule is CC[C@H]1COCCN1C(=O)C[C@H](N)c1ccccc1. The molecule has 1 heterocycles. The van der Waals surface area contributed by atoms with E-state index in [-0.39, 0.29) is 18.0 Å². The van der Waals surface area contributed by atoms with E-state index in [9.17, 15) is 4.79 Å². The van der Waals surface area contributed by atoms with Crippen molar-refractivity contribution >= 4 is 5.91 Å². The van der Waals surface area contributed by atoms with E-state index in [4.69, 9.17) is 10.5 Å². The van der Waals surface area contributed by atoms with Crippen LogP contribution in [-0.4, -0.2) is 36.6 Å². The molecule has 0 radical (unpaired) electrons. The molecule has 1 aliphatic heterocycles. The van der Waals surface area contributed by atoms with Crippen LogP contribution in [0, 0.1) is 0 Å². The molecule has 104 valence electrons. The molecule has 0 aromatic heterocycles. The third-order valence-corrected chi connectivity index (χ3v) is 3.64. The molecular weight excluding hydrogens is 240 g/mol. The molecule has 0 spiro atoms. The van der Waals surface area contributed by atoms with Gasteiger partial charge < -0.3 is 15.4 Å². The molecule has 4 heteroatoms. The highest BCUT2D eigenvalue weighted by atomic mass is 16.5. The molecule has 0 bridgehead atoms. The first kappa shape index (κ1) is 14.0. The van der Waals surface area contributed by atoms with Crippen LogP contribution in [0.4, 0.5) is 0 Å². The zero-order valence-electron chi connectivity index (χ0n) is 11.4. The highest BCUT2D eigenvalue weighted by molar-refractivity contribution is 5.77. The second-order valence-corrected chi connectivity index (χ2v) is 4.95. The Morgan fingerprint density at radius 1 is 1.47 bits per heavy atom. The summed E-state index contributed by atoms with van der Waals surface area (Å²) in [5.74, 6) is 0.131. The van der Waals surface area contributed by atoms with Crippen LogP contribution < -0.4 is 5.73 Å². The van der Waals surface area contributed by atoms with Gasteiger partial charge in [0.2, 0.25) is 5.91 Å². The Labute approximate surface area is 114 Å². The molecule has 4 nitrogen and oxygen atoms in total. The number of carbonyl (C=O) groups excluding carboxylic acids is 1. The maximum atomic E-state index is 12.3. The lowest BCUT2D eigenvalue weighted by Crippen LogP contribution is -2.48. The largest absolute Gasteiger partial charge is 0.377 e. The summed E-state index contributed by atoms with van der Waals surface area (Å²) in [5.41, 5.74) is 7.12. The first-order chi connectivity index (χ1) is 9.22. The Morgan fingerprint density at radius 2 is 2.21 bits per heavy atom. The molecule has 2 rings (SSSR count). The Balaban J connectivity index is 1.96. The van der Waals surface area contributed by atoms with Crippen LogP contribution in [0.2, 0.25) is 0 Å². The topological polar surface area (TPSA) is 55.6 Å². The molecule has 1 amide bonds. The Hall–Kier alpha value is -1.39. The van der Waals surface area contributed by atoms with Gasteiger partial charge in [-0.1, -0.05) is 37.3 Å². The van der Waals surface area contributed by atoms with E-state index in [2.05, 4.69) is 6.92 Å². The molecule has 0 aliphatic carbocycles. The van der Waals surface area contributed by atoms with Gasteiger partial charge in [-0.2, -0.15) is 0 Å². The summed E-state index contributed by atoms with van der Waals surface area (Å²) in [5, 5.41) is 0. The molecule has 2 N–H and O–H groups in total. The van der Waals surface area contributed by atoms with Crippen molar-refractivity contribution in [3.63, 3.8) is 0 Å². The van der Waals surface area contributed by atoms with Gasteiger partial charge in [-0.25, -0.2) is 0 Å². The van der Waals surface area contributed by atoms with Gasteiger partial charge in [0.05, 0.1) is 19.3 Å². The fraction of sp³-hybridized carbons (Fsp3) is 0.533. The average molecular weight is 262 g/mol. The minimum atomic E-state index is -0.228. The Morgan fingerprint density at radius 3 is 2.89 bits per heavy atom. The van der Waals surface area contributed by atoms with Gasteiger partial charge in [0, 0.05) is 19.0 Å². The monoisotopic (exact) mass is 262 g/mol. The molecule has 1 fully saturated rings. The quantitative estimate of drug-likeness (QED) is 0.898. The third kappa shape index (κ3) is 3.55. The number of amides is 1. The van der Waals surface area contributed by atoms with E-state index in [0.717, 1.165) is 12.0 Å². The number of hydrogen-bond donors (Lipinski definition) is 1. The summed E-state index contributed by atoms with van der Waals surface area (Å²) < 4.78 is 5.42. The standard InChI is InChI=1S/C15H22N2O2/c1-2-13-11-19-9-8-17(13)15(18)10-14(16)12-6-4-3-5-7-12/h3-7,13-14H,2,8-11,16H2,1H3/t13-,14-/m0/s1. The molecular formula is C15H22N2O2. The van der Waals surface area contributed by atoms with Crippen molar-refractivity contribution in [1.82, 2.24) is 4.90 Å². The number of morpholine rings is 1. The van der Waals surface area contributed by atoms with Gasteiger partial charge in [0.1, 0.15) is 0 Å². The van der Waals surface area contributed by atoms with Crippen LogP contribution in [0.1, 0.15) is 31.4 Å². The molecule has 19 heavy (non-hydrogen) atoms. The summed E-state index contributed by atoms with van der Waals surface area (Å²) in [7, 11) is 0. The van der Waals surface area contributed by atoms with Crippen LogP contribution in [0.25, 0.3) is 0 Å². The van der Waals surface area contributed by atoms with Crippen molar-refractivity contribution in [1.29, 1.82) is 0 Å². The molecule has 1 aliphatic rings. The van der Waals surface area contributed by atoms with Gasteiger partial charge >= 0.3 is 0 Å². The predicted molar refractivity (Wildman–Crippen MR) is 74.6 cm³/mol. The van der Waals surface area contributed by atoms with Gasteiger partial charge in [-0.3, -0.25) is 4.79 Å². The summed E-state index contributed by atoms with van der Waals surface area (Å²) in [4.78, 5) is 14.3. The highest BCUT2D eigenvalue weighted by Gasteiger charge is 2.26. The summed E-state index contributed by atoms with van der Waals surface area (Å²) >= 11 is 0. The van der Waals surface area contributed by atoms with E-state index < -0.39 is 0 Å². The molecule has 1 saturated heterocycles. The van der Waals surface area contributed by atoms with Crippen LogP contribution in [0.3, 0.4) is 0 Å². The number of carbonyl (C=O) groups is 1. The first-order valence-electron chi connectivity index (χ1n) is 6.90. The fourth-order valence-electron chi connectivity index (χ4n) is 2.44. The second kappa shape index (κ2) is 6.68. The molecule has 0 saturated carbocycles. The Bertz CT molecular complexity index is 408. The lowest BCUT2D eigenvalue weighted by molar-refractivity contribution is -0.140. The Kier molecular flexibility index (Phi) is 4.93. The molecule has 2 atom stereocenters. The minimum Gasteiger partial charge on any atom is -0.377 e. The number of ether oxygens (including phenoxy) is 1. The molecule has 1 aromatic carbocycles. The van der Waals surface area contributed by atoms with Crippen LogP contribution in [0.15, 0.2) is 30.3 Å². The highest BCUT2D eigenvalue weighted by Crippen LogP contribution is 2.18. The minimum absolute atomic E-state index is 0.131. The lowest BCUT2D eigenvalue weighted by Gasteiger charge is -2.35. The van der Waals surface area contributed by atoms with E-state index in [1.807, 2.05) is 35.2 Å². The number of rotatable bonds is 4. The first-order valence-corrected chi connectivity index (χ1v) is 6.90. The van der Waals surface area contributed by atoms with Crippen molar-refractivity contribution in [3.8, 4) is 0 Å². The van der Waals surface area contributed by atoms with Gasteiger partial charge in [0.15, 0.2) is 0 Å².